The van der Waals surface area contributed by atoms with E-state index in [1.807, 2.05) is 6.07 Å². The number of anilines is 2. The highest BCUT2D eigenvalue weighted by atomic mass is 32.2. The van der Waals surface area contributed by atoms with Gasteiger partial charge in [-0.3, -0.25) is 0 Å². The first kappa shape index (κ1) is 28.7. The molecule has 0 spiro atoms. The van der Waals surface area contributed by atoms with E-state index in [0.717, 1.165) is 0 Å². The van der Waals surface area contributed by atoms with Crippen LogP contribution in [0, 0.1) is 17.1 Å². The highest BCUT2D eigenvalue weighted by Gasteiger charge is 2.34. The van der Waals surface area contributed by atoms with Crippen molar-refractivity contribution in [3.05, 3.63) is 77.4 Å². The quantitative estimate of drug-likeness (QED) is 0.412. The summed E-state index contributed by atoms with van der Waals surface area (Å²) in [6, 6.07) is 12.8. The molecule has 0 aliphatic carbocycles. The normalized spacial score (nSPS) is 14.6. The van der Waals surface area contributed by atoms with Crippen molar-refractivity contribution >= 4 is 39.7 Å². The average Bonchev–Trinajstić information content (AvgIpc) is 2.93. The summed E-state index contributed by atoms with van der Waals surface area (Å²) >= 11 is 0. The van der Waals surface area contributed by atoms with E-state index in [1.54, 1.807) is 86.6 Å². The van der Waals surface area contributed by atoms with Crippen LogP contribution in [0.3, 0.4) is 0 Å². The fourth-order valence-corrected chi connectivity index (χ4v) is 5.90. The number of amides is 1. The molecule has 0 bridgehead atoms. The van der Waals surface area contributed by atoms with Gasteiger partial charge in [-0.15, -0.1) is 0 Å². The SMILES string of the molecule is CC(C)(C)OC(=O)N1CCC(S(=O)(=O)c2ccc(Nc3ncc(/C=C/c4cccc(C#N)c4F)cn3)cc2)CC1. The van der Waals surface area contributed by atoms with Gasteiger partial charge >= 0.3 is 6.09 Å². The summed E-state index contributed by atoms with van der Waals surface area (Å²) in [7, 11) is -3.57. The van der Waals surface area contributed by atoms with Crippen molar-refractivity contribution in [2.75, 3.05) is 18.4 Å². The molecule has 0 atom stereocenters. The summed E-state index contributed by atoms with van der Waals surface area (Å²) in [6.45, 7) is 6.03. The second-order valence-electron chi connectivity index (χ2n) is 10.4. The number of benzene rings is 2. The Kier molecular flexibility index (Phi) is 8.49. The van der Waals surface area contributed by atoms with Crippen molar-refractivity contribution in [1.29, 1.82) is 5.26 Å². The second-order valence-corrected chi connectivity index (χ2v) is 12.6. The van der Waals surface area contributed by atoms with E-state index in [4.69, 9.17) is 10.00 Å². The number of piperidine rings is 1. The zero-order valence-corrected chi connectivity index (χ0v) is 23.3. The van der Waals surface area contributed by atoms with Gasteiger partial charge in [-0.25, -0.2) is 27.6 Å². The molecular weight excluding hydrogens is 533 g/mol. The van der Waals surface area contributed by atoms with E-state index in [0.29, 0.717) is 43.1 Å². The van der Waals surface area contributed by atoms with Gasteiger partial charge in [0.05, 0.1) is 15.7 Å². The number of halogens is 1. The first-order chi connectivity index (χ1) is 19.0. The Morgan fingerprint density at radius 3 is 2.35 bits per heavy atom. The Balaban J connectivity index is 1.35. The first-order valence-corrected chi connectivity index (χ1v) is 14.3. The zero-order chi connectivity index (χ0) is 28.9. The molecule has 1 aromatic heterocycles. The first-order valence-electron chi connectivity index (χ1n) is 12.7. The van der Waals surface area contributed by atoms with Crippen molar-refractivity contribution in [3.8, 4) is 6.07 Å². The lowest BCUT2D eigenvalue weighted by Gasteiger charge is -2.33. The van der Waals surface area contributed by atoms with Gasteiger partial charge in [-0.1, -0.05) is 24.3 Å². The van der Waals surface area contributed by atoms with Crippen molar-refractivity contribution < 1.29 is 22.3 Å². The molecule has 4 rings (SSSR count). The summed E-state index contributed by atoms with van der Waals surface area (Å²) < 4.78 is 46.0. The van der Waals surface area contributed by atoms with Crippen LogP contribution in [0.1, 0.15) is 50.3 Å². The molecule has 9 nitrogen and oxygen atoms in total. The number of sulfone groups is 1. The van der Waals surface area contributed by atoms with Crippen LogP contribution in [-0.2, 0) is 14.6 Å². The van der Waals surface area contributed by atoms with Gasteiger partial charge in [0.1, 0.15) is 17.5 Å². The Morgan fingerprint density at radius 2 is 1.75 bits per heavy atom. The monoisotopic (exact) mass is 563 g/mol. The highest BCUT2D eigenvalue weighted by Crippen LogP contribution is 2.27. The van der Waals surface area contributed by atoms with Crippen molar-refractivity contribution in [2.24, 2.45) is 0 Å². The molecule has 1 saturated heterocycles. The number of ether oxygens (including phenoxy) is 1. The number of nitrogens with zero attached hydrogens (tertiary/aromatic N) is 4. The summed E-state index contributed by atoms with van der Waals surface area (Å²) in [6.07, 6.45) is 6.55. The molecule has 1 N–H and O–H groups in total. The van der Waals surface area contributed by atoms with Gasteiger partial charge in [0.25, 0.3) is 0 Å². The van der Waals surface area contributed by atoms with E-state index >= 15 is 0 Å². The Labute approximate surface area is 233 Å². The van der Waals surface area contributed by atoms with Gasteiger partial charge in [-0.2, -0.15) is 5.26 Å². The highest BCUT2D eigenvalue weighted by molar-refractivity contribution is 7.92. The number of hydrogen-bond donors (Lipinski definition) is 1. The number of nitriles is 1. The third-order valence-electron chi connectivity index (χ3n) is 6.25. The molecule has 1 amide bonds. The number of carbonyl (C=O) groups excluding carboxylic acids is 1. The minimum Gasteiger partial charge on any atom is -0.444 e. The predicted octanol–water partition coefficient (Wildman–Crippen LogP) is 5.57. The Bertz CT molecular complexity index is 1540. The molecular formula is C29H30FN5O4S. The molecule has 0 radical (unpaired) electrons. The lowest BCUT2D eigenvalue weighted by atomic mass is 10.1. The predicted molar refractivity (Wildman–Crippen MR) is 150 cm³/mol. The minimum absolute atomic E-state index is 0.0275. The molecule has 2 aromatic carbocycles. The van der Waals surface area contributed by atoms with Gasteiger partial charge in [0.2, 0.25) is 5.95 Å². The fourth-order valence-electron chi connectivity index (χ4n) is 4.16. The molecule has 1 aliphatic heterocycles. The van der Waals surface area contributed by atoms with E-state index in [-0.39, 0.29) is 16.0 Å². The van der Waals surface area contributed by atoms with Crippen LogP contribution in [0.4, 0.5) is 20.8 Å². The van der Waals surface area contributed by atoms with Gasteiger partial charge in [0.15, 0.2) is 9.84 Å². The van der Waals surface area contributed by atoms with Crippen LogP contribution in [0.25, 0.3) is 12.2 Å². The average molecular weight is 564 g/mol. The summed E-state index contributed by atoms with van der Waals surface area (Å²) in [5.41, 5.74) is 0.890. The summed E-state index contributed by atoms with van der Waals surface area (Å²) in [5.74, 6) is -0.280. The smallest absolute Gasteiger partial charge is 0.410 e. The zero-order valence-electron chi connectivity index (χ0n) is 22.5. The largest absolute Gasteiger partial charge is 0.444 e. The molecule has 1 aliphatic rings. The molecule has 40 heavy (non-hydrogen) atoms. The maximum Gasteiger partial charge on any atom is 0.410 e. The molecule has 208 valence electrons. The van der Waals surface area contributed by atoms with E-state index in [2.05, 4.69) is 15.3 Å². The fraction of sp³-hybridized carbons (Fsp3) is 0.310. The number of rotatable bonds is 6. The molecule has 1 fully saturated rings. The molecule has 0 saturated carbocycles. The van der Waals surface area contributed by atoms with E-state index in [9.17, 15) is 17.6 Å². The van der Waals surface area contributed by atoms with Crippen LogP contribution in [0.15, 0.2) is 59.8 Å². The topological polar surface area (TPSA) is 125 Å². The summed E-state index contributed by atoms with van der Waals surface area (Å²) in [4.78, 5) is 22.5. The lowest BCUT2D eigenvalue weighted by Crippen LogP contribution is -2.44. The summed E-state index contributed by atoms with van der Waals surface area (Å²) in [5, 5.41) is 11.4. The Morgan fingerprint density at radius 1 is 1.10 bits per heavy atom. The Hall–Kier alpha value is -4.30. The third kappa shape index (κ3) is 7.01. The maximum absolute atomic E-state index is 14.2. The number of carbonyl (C=O) groups is 1. The second kappa shape index (κ2) is 11.8. The number of hydrogen-bond acceptors (Lipinski definition) is 8. The van der Waals surface area contributed by atoms with Crippen LogP contribution < -0.4 is 5.32 Å². The lowest BCUT2D eigenvalue weighted by molar-refractivity contribution is 0.0217. The van der Waals surface area contributed by atoms with Crippen LogP contribution in [0.2, 0.25) is 0 Å². The van der Waals surface area contributed by atoms with Crippen LogP contribution >= 0.6 is 0 Å². The third-order valence-corrected chi connectivity index (χ3v) is 8.53. The number of aromatic nitrogens is 2. The maximum atomic E-state index is 14.2. The number of nitrogens with one attached hydrogen (secondary N) is 1. The van der Waals surface area contributed by atoms with Crippen LogP contribution in [-0.4, -0.2) is 53.3 Å². The van der Waals surface area contributed by atoms with Gasteiger partial charge in [-0.05, 0) is 63.9 Å². The van der Waals surface area contributed by atoms with E-state index < -0.39 is 32.6 Å². The van der Waals surface area contributed by atoms with Gasteiger partial charge < -0.3 is 15.0 Å². The standard InChI is InChI=1S/C29H30FN5O4S/c1-29(2,3)39-28(36)35-15-13-25(14-16-35)40(37,38)24-11-9-23(10-12-24)34-27-32-18-20(19-33-27)7-8-21-5-4-6-22(17-31)26(21)30/h4-12,18-19,25H,13-16H2,1-3H3,(H,32,33,34)/b8-7+. The van der Waals surface area contributed by atoms with Crippen molar-refractivity contribution in [2.45, 2.75) is 49.4 Å². The van der Waals surface area contributed by atoms with Gasteiger partial charge in [0, 0.05) is 42.3 Å². The van der Waals surface area contributed by atoms with Crippen molar-refractivity contribution in [3.63, 3.8) is 0 Å². The molecule has 0 unspecified atom stereocenters. The number of likely N-dealkylation sites (tertiary alicyclic amines) is 1. The molecule has 2 heterocycles. The van der Waals surface area contributed by atoms with Crippen LogP contribution in [0.5, 0.6) is 0 Å². The molecule has 3 aromatic rings. The van der Waals surface area contributed by atoms with E-state index in [1.165, 1.54) is 6.07 Å². The molecule has 11 heteroatoms. The minimum atomic E-state index is -3.57. The van der Waals surface area contributed by atoms with Crippen molar-refractivity contribution in [1.82, 2.24) is 14.9 Å².